The van der Waals surface area contributed by atoms with Crippen LogP contribution in [-0.2, 0) is 9.59 Å². The highest BCUT2D eigenvalue weighted by atomic mass is 16.2. The van der Waals surface area contributed by atoms with Gasteiger partial charge in [-0.3, -0.25) is 9.59 Å². The van der Waals surface area contributed by atoms with E-state index >= 15 is 0 Å². The van der Waals surface area contributed by atoms with Crippen LogP contribution in [-0.4, -0.2) is 11.8 Å². The monoisotopic (exact) mass is 180 g/mol. The maximum Gasteiger partial charge on any atom is 0.221 e. The lowest BCUT2D eigenvalue weighted by Crippen LogP contribution is -2.39. The molecule has 2 rings (SSSR count). The van der Waals surface area contributed by atoms with E-state index in [0.717, 1.165) is 6.42 Å². The molecule has 0 aromatic rings. The van der Waals surface area contributed by atoms with Crippen LogP contribution in [0.25, 0.3) is 0 Å². The molecule has 0 spiro atoms. The second-order valence-corrected chi connectivity index (χ2v) is 3.80. The Morgan fingerprint density at radius 2 is 1.38 bits per heavy atom. The molecule has 4 nitrogen and oxygen atoms in total. The van der Waals surface area contributed by atoms with Crippen molar-refractivity contribution >= 4 is 11.8 Å². The van der Waals surface area contributed by atoms with Gasteiger partial charge in [-0.05, 0) is 18.3 Å². The number of fused-ring (bicyclic) bond motifs is 2. The van der Waals surface area contributed by atoms with Crippen LogP contribution in [0.15, 0.2) is 12.2 Å². The van der Waals surface area contributed by atoms with E-state index in [-0.39, 0.29) is 23.7 Å². The van der Waals surface area contributed by atoms with Gasteiger partial charge in [-0.2, -0.15) is 0 Å². The van der Waals surface area contributed by atoms with Crippen LogP contribution >= 0.6 is 0 Å². The topological polar surface area (TPSA) is 86.2 Å². The van der Waals surface area contributed by atoms with Crippen molar-refractivity contribution in [1.82, 2.24) is 0 Å². The van der Waals surface area contributed by atoms with Crippen LogP contribution in [0.4, 0.5) is 0 Å². The summed E-state index contributed by atoms with van der Waals surface area (Å²) in [7, 11) is 0. The van der Waals surface area contributed by atoms with Crippen LogP contribution in [0.1, 0.15) is 6.42 Å². The van der Waals surface area contributed by atoms with Crippen LogP contribution in [0, 0.1) is 23.7 Å². The Labute approximate surface area is 76.0 Å². The molecule has 4 N–H and O–H groups in total. The van der Waals surface area contributed by atoms with Gasteiger partial charge in [0.25, 0.3) is 0 Å². The fourth-order valence-corrected chi connectivity index (χ4v) is 2.60. The third kappa shape index (κ3) is 1.05. The summed E-state index contributed by atoms with van der Waals surface area (Å²) in [4.78, 5) is 22.2. The zero-order valence-electron chi connectivity index (χ0n) is 7.14. The van der Waals surface area contributed by atoms with Crippen LogP contribution in [0.3, 0.4) is 0 Å². The normalized spacial score (nSPS) is 40.9. The Kier molecular flexibility index (Phi) is 1.65. The summed E-state index contributed by atoms with van der Waals surface area (Å²) < 4.78 is 0. The molecule has 0 heterocycles. The molecule has 2 aliphatic carbocycles. The summed E-state index contributed by atoms with van der Waals surface area (Å²) in [5.74, 6) is -1.26. The summed E-state index contributed by atoms with van der Waals surface area (Å²) in [5.41, 5.74) is 10.5. The summed E-state index contributed by atoms with van der Waals surface area (Å²) in [6.45, 7) is 0. The molecule has 1 saturated carbocycles. The molecular weight excluding hydrogens is 168 g/mol. The molecule has 13 heavy (non-hydrogen) atoms. The van der Waals surface area contributed by atoms with Gasteiger partial charge in [-0.1, -0.05) is 12.2 Å². The molecule has 0 unspecified atom stereocenters. The molecule has 4 atom stereocenters. The number of hydrogen-bond donors (Lipinski definition) is 2. The predicted molar refractivity (Wildman–Crippen MR) is 46.1 cm³/mol. The van der Waals surface area contributed by atoms with Crippen molar-refractivity contribution < 1.29 is 9.59 Å². The highest BCUT2D eigenvalue weighted by Crippen LogP contribution is 2.47. The van der Waals surface area contributed by atoms with E-state index < -0.39 is 11.8 Å². The minimum Gasteiger partial charge on any atom is -0.369 e. The molecule has 2 aliphatic rings. The molecule has 0 aromatic heterocycles. The Bertz CT molecular complexity index is 270. The fourth-order valence-electron chi connectivity index (χ4n) is 2.60. The highest BCUT2D eigenvalue weighted by Gasteiger charge is 2.49. The zero-order valence-corrected chi connectivity index (χ0v) is 7.14. The average Bonchev–Trinajstić information content (AvgIpc) is 2.60. The minimum absolute atomic E-state index is 0.139. The van der Waals surface area contributed by atoms with Gasteiger partial charge in [-0.25, -0.2) is 0 Å². The van der Waals surface area contributed by atoms with E-state index in [9.17, 15) is 9.59 Å². The van der Waals surface area contributed by atoms with Gasteiger partial charge in [0.1, 0.15) is 0 Å². The predicted octanol–water partition coefficient (Wildman–Crippen LogP) is -0.605. The molecule has 0 aliphatic heterocycles. The van der Waals surface area contributed by atoms with Crippen molar-refractivity contribution in [2.45, 2.75) is 6.42 Å². The molecule has 0 aromatic carbocycles. The molecule has 0 radical (unpaired) electrons. The third-order valence-electron chi connectivity index (χ3n) is 3.12. The lowest BCUT2D eigenvalue weighted by molar-refractivity contribution is -0.131. The minimum atomic E-state index is -0.402. The number of amides is 2. The van der Waals surface area contributed by atoms with E-state index in [0.29, 0.717) is 0 Å². The molecule has 2 amide bonds. The van der Waals surface area contributed by atoms with E-state index in [1.807, 2.05) is 12.2 Å². The van der Waals surface area contributed by atoms with Gasteiger partial charge in [-0.15, -0.1) is 0 Å². The van der Waals surface area contributed by atoms with Gasteiger partial charge in [0.15, 0.2) is 0 Å². The van der Waals surface area contributed by atoms with Crippen molar-refractivity contribution in [1.29, 1.82) is 0 Å². The zero-order chi connectivity index (χ0) is 9.59. The third-order valence-corrected chi connectivity index (χ3v) is 3.12. The number of hydrogen-bond acceptors (Lipinski definition) is 2. The second kappa shape index (κ2) is 2.58. The largest absolute Gasteiger partial charge is 0.369 e. The summed E-state index contributed by atoms with van der Waals surface area (Å²) in [5, 5.41) is 0. The van der Waals surface area contributed by atoms with E-state index in [2.05, 4.69) is 0 Å². The molecule has 4 heteroatoms. The quantitative estimate of drug-likeness (QED) is 0.556. The number of allylic oxidation sites excluding steroid dienone is 2. The van der Waals surface area contributed by atoms with Gasteiger partial charge in [0.05, 0.1) is 11.8 Å². The van der Waals surface area contributed by atoms with Crippen molar-refractivity contribution in [2.24, 2.45) is 35.1 Å². The molecule has 2 bridgehead atoms. The second-order valence-electron chi connectivity index (χ2n) is 3.80. The Hall–Kier alpha value is -1.32. The summed E-state index contributed by atoms with van der Waals surface area (Å²) in [6.07, 6.45) is 4.79. The average molecular weight is 180 g/mol. The van der Waals surface area contributed by atoms with Crippen LogP contribution in [0.2, 0.25) is 0 Å². The molecule has 0 saturated heterocycles. The van der Waals surface area contributed by atoms with Crippen molar-refractivity contribution in [3.8, 4) is 0 Å². The van der Waals surface area contributed by atoms with Gasteiger partial charge >= 0.3 is 0 Å². The Morgan fingerprint density at radius 3 is 1.69 bits per heavy atom. The molecule has 70 valence electrons. The first-order chi connectivity index (χ1) is 6.11. The lowest BCUT2D eigenvalue weighted by atomic mass is 9.82. The Balaban J connectivity index is 2.30. The summed E-state index contributed by atoms with van der Waals surface area (Å²) in [6, 6.07) is 0. The standard InChI is InChI=1S/C9H12N2O2/c10-8(12)6-4-1-2-5(3-4)7(6)9(11)13/h1-2,4-7H,3H2,(H2,10,12)(H2,11,13)/t4-,5-,6-,7+/m0/s1. The van der Waals surface area contributed by atoms with Crippen molar-refractivity contribution in [2.75, 3.05) is 0 Å². The number of primary amides is 2. The first-order valence-electron chi connectivity index (χ1n) is 4.38. The lowest BCUT2D eigenvalue weighted by Gasteiger charge is -2.22. The molecule has 1 fully saturated rings. The van der Waals surface area contributed by atoms with E-state index in [1.54, 1.807) is 0 Å². The molecular formula is C9H12N2O2. The van der Waals surface area contributed by atoms with E-state index in [4.69, 9.17) is 11.5 Å². The smallest absolute Gasteiger partial charge is 0.221 e. The maximum absolute atomic E-state index is 11.1. The maximum atomic E-state index is 11.1. The number of rotatable bonds is 2. The van der Waals surface area contributed by atoms with Gasteiger partial charge in [0, 0.05) is 0 Å². The SMILES string of the molecule is NC(=O)[C@@H]1[C@H](C(N)=O)[C@H]2C=C[C@H]1C2. The van der Waals surface area contributed by atoms with E-state index in [1.165, 1.54) is 0 Å². The first-order valence-corrected chi connectivity index (χ1v) is 4.38. The van der Waals surface area contributed by atoms with Crippen LogP contribution in [0.5, 0.6) is 0 Å². The summed E-state index contributed by atoms with van der Waals surface area (Å²) >= 11 is 0. The van der Waals surface area contributed by atoms with Gasteiger partial charge in [0.2, 0.25) is 11.8 Å². The van der Waals surface area contributed by atoms with Gasteiger partial charge < -0.3 is 11.5 Å². The fraction of sp³-hybridized carbons (Fsp3) is 0.556. The van der Waals surface area contributed by atoms with Crippen molar-refractivity contribution in [3.63, 3.8) is 0 Å². The Morgan fingerprint density at radius 1 is 1.00 bits per heavy atom. The highest BCUT2D eigenvalue weighted by molar-refractivity contribution is 5.88. The number of nitrogens with two attached hydrogens (primary N) is 2. The van der Waals surface area contributed by atoms with Crippen LogP contribution < -0.4 is 11.5 Å². The number of carbonyl (C=O) groups is 2. The number of carbonyl (C=O) groups excluding carboxylic acids is 2. The van der Waals surface area contributed by atoms with Crippen molar-refractivity contribution in [3.05, 3.63) is 12.2 Å². The first kappa shape index (κ1) is 8.29.